The van der Waals surface area contributed by atoms with Crippen LogP contribution in [0.2, 0.25) is 5.02 Å². The number of hydrogen-bond donors (Lipinski definition) is 1. The summed E-state index contributed by atoms with van der Waals surface area (Å²) in [6.07, 6.45) is 0. The monoisotopic (exact) mass is 557 g/mol. The Morgan fingerprint density at radius 3 is 2.26 bits per heavy atom. The molecule has 180 valence electrons. The largest absolute Gasteiger partial charge is 0.493 e. The van der Waals surface area contributed by atoms with E-state index in [1.54, 1.807) is 16.7 Å². The fourth-order valence-corrected chi connectivity index (χ4v) is 4.17. The molecule has 0 saturated carbocycles. The summed E-state index contributed by atoms with van der Waals surface area (Å²) in [5.74, 6) is 0.233. The van der Waals surface area contributed by atoms with Crippen LogP contribution in [-0.4, -0.2) is 36.9 Å². The van der Waals surface area contributed by atoms with E-state index in [4.69, 9.17) is 25.8 Å². The molecule has 0 atom stereocenters. The highest BCUT2D eigenvalue weighted by Gasteiger charge is 2.20. The number of aromatic nitrogens is 1. The van der Waals surface area contributed by atoms with Crippen LogP contribution in [0.4, 0.5) is 5.69 Å². The number of aromatic hydroxyl groups is 1. The number of amides is 1. The Morgan fingerprint density at radius 1 is 1.00 bits per heavy atom. The summed E-state index contributed by atoms with van der Waals surface area (Å²) in [5, 5.41) is 20.3. The van der Waals surface area contributed by atoms with E-state index in [-0.39, 0.29) is 17.1 Å². The number of halogens is 2. The van der Waals surface area contributed by atoms with Crippen LogP contribution in [0, 0.1) is 0 Å². The van der Waals surface area contributed by atoms with E-state index in [2.05, 4.69) is 26.2 Å². The number of ether oxygens (including phenoxy) is 3. The Hall–Kier alpha value is -3.56. The van der Waals surface area contributed by atoms with Gasteiger partial charge in [-0.15, -0.1) is 10.2 Å². The van der Waals surface area contributed by atoms with Crippen molar-refractivity contribution in [3.8, 4) is 23.1 Å². The summed E-state index contributed by atoms with van der Waals surface area (Å²) in [5.41, 5.74) is 2.03. The highest BCUT2D eigenvalue weighted by molar-refractivity contribution is 9.10. The third-order valence-electron chi connectivity index (χ3n) is 5.38. The molecular weight excluding hydrogens is 538 g/mol. The zero-order valence-electron chi connectivity index (χ0n) is 19.1. The van der Waals surface area contributed by atoms with Crippen LogP contribution in [0.25, 0.3) is 10.9 Å². The second kappa shape index (κ2) is 10.4. The number of carbonyl (C=O) groups excluding carboxylic acids is 1. The molecule has 0 fully saturated rings. The van der Waals surface area contributed by atoms with Gasteiger partial charge >= 0.3 is 0 Å². The molecule has 0 aliphatic heterocycles. The lowest BCUT2D eigenvalue weighted by molar-refractivity contribution is 0.0994. The SMILES string of the molecule is COc1cc(C(=O)N=Nc2c(O)n(Cc3ccc(Cl)cc3)c3ccc(Br)cc23)cc(OC)c1OC. The molecule has 0 saturated heterocycles. The van der Waals surface area contributed by atoms with E-state index >= 15 is 0 Å². The Kier molecular flexibility index (Phi) is 7.28. The minimum absolute atomic E-state index is 0.116. The van der Waals surface area contributed by atoms with Crippen molar-refractivity contribution >= 4 is 50.0 Å². The van der Waals surface area contributed by atoms with Crippen molar-refractivity contribution in [3.63, 3.8) is 0 Å². The second-order valence-corrected chi connectivity index (χ2v) is 8.82. The zero-order chi connectivity index (χ0) is 25.1. The first-order valence-corrected chi connectivity index (χ1v) is 11.5. The molecule has 3 aromatic carbocycles. The van der Waals surface area contributed by atoms with Gasteiger partial charge < -0.3 is 23.9 Å². The fraction of sp³-hybridized carbons (Fsp3) is 0.160. The summed E-state index contributed by atoms with van der Waals surface area (Å²) in [6, 6.07) is 15.8. The van der Waals surface area contributed by atoms with Gasteiger partial charge in [0, 0.05) is 14.9 Å². The first kappa shape index (κ1) is 24.6. The van der Waals surface area contributed by atoms with Gasteiger partial charge in [0.2, 0.25) is 11.6 Å². The van der Waals surface area contributed by atoms with Gasteiger partial charge in [-0.25, -0.2) is 0 Å². The fourth-order valence-electron chi connectivity index (χ4n) is 3.68. The average Bonchev–Trinajstić information content (AvgIpc) is 3.12. The van der Waals surface area contributed by atoms with Gasteiger partial charge in [0.25, 0.3) is 5.91 Å². The van der Waals surface area contributed by atoms with Crippen molar-refractivity contribution in [2.24, 2.45) is 10.2 Å². The normalized spacial score (nSPS) is 11.2. The molecule has 0 radical (unpaired) electrons. The lowest BCUT2D eigenvalue weighted by atomic mass is 10.1. The molecule has 10 heteroatoms. The van der Waals surface area contributed by atoms with Gasteiger partial charge in [0.15, 0.2) is 17.2 Å². The van der Waals surface area contributed by atoms with Crippen molar-refractivity contribution in [1.29, 1.82) is 0 Å². The van der Waals surface area contributed by atoms with Gasteiger partial charge in [-0.05, 0) is 48.0 Å². The highest BCUT2D eigenvalue weighted by atomic mass is 79.9. The number of azo groups is 1. The number of carbonyl (C=O) groups is 1. The van der Waals surface area contributed by atoms with Crippen LogP contribution in [0.3, 0.4) is 0 Å². The predicted octanol–water partition coefficient (Wildman–Crippen LogP) is 6.76. The Labute approximate surface area is 214 Å². The molecule has 8 nitrogen and oxygen atoms in total. The van der Waals surface area contributed by atoms with E-state index in [1.165, 1.54) is 33.5 Å². The summed E-state index contributed by atoms with van der Waals surface area (Å²) in [6.45, 7) is 0.372. The summed E-state index contributed by atoms with van der Waals surface area (Å²) in [4.78, 5) is 12.9. The number of methoxy groups -OCH3 is 3. The zero-order valence-corrected chi connectivity index (χ0v) is 21.4. The number of hydrogen-bond acceptors (Lipinski definition) is 6. The van der Waals surface area contributed by atoms with Crippen LogP contribution >= 0.6 is 27.5 Å². The summed E-state index contributed by atoms with van der Waals surface area (Å²) in [7, 11) is 4.39. The van der Waals surface area contributed by atoms with E-state index in [0.29, 0.717) is 34.2 Å². The maximum Gasteiger partial charge on any atom is 0.295 e. The van der Waals surface area contributed by atoms with Crippen molar-refractivity contribution in [3.05, 3.63) is 75.2 Å². The van der Waals surface area contributed by atoms with Crippen molar-refractivity contribution in [2.75, 3.05) is 21.3 Å². The quantitative estimate of drug-likeness (QED) is 0.253. The van der Waals surface area contributed by atoms with Gasteiger partial charge in [-0.1, -0.05) is 39.7 Å². The predicted molar refractivity (Wildman–Crippen MR) is 137 cm³/mol. The minimum Gasteiger partial charge on any atom is -0.493 e. The molecule has 1 aromatic heterocycles. The van der Waals surface area contributed by atoms with E-state index in [1.807, 2.05) is 30.3 Å². The van der Waals surface area contributed by atoms with Gasteiger partial charge in [0.1, 0.15) is 0 Å². The first-order valence-electron chi connectivity index (χ1n) is 10.4. The van der Waals surface area contributed by atoms with E-state index < -0.39 is 5.91 Å². The maximum absolute atomic E-state index is 12.9. The molecule has 35 heavy (non-hydrogen) atoms. The van der Waals surface area contributed by atoms with Crippen LogP contribution in [0.5, 0.6) is 23.1 Å². The van der Waals surface area contributed by atoms with Crippen molar-refractivity contribution in [1.82, 2.24) is 4.57 Å². The number of nitrogens with zero attached hydrogens (tertiary/aromatic N) is 3. The highest BCUT2D eigenvalue weighted by Crippen LogP contribution is 2.41. The van der Waals surface area contributed by atoms with Gasteiger partial charge in [-0.2, -0.15) is 0 Å². The van der Waals surface area contributed by atoms with Crippen LogP contribution < -0.4 is 14.2 Å². The molecule has 4 rings (SSSR count). The maximum atomic E-state index is 12.9. The first-order chi connectivity index (χ1) is 16.9. The number of benzene rings is 3. The lowest BCUT2D eigenvalue weighted by Gasteiger charge is -2.12. The summed E-state index contributed by atoms with van der Waals surface area (Å²) >= 11 is 9.45. The molecule has 1 N–H and O–H groups in total. The summed E-state index contributed by atoms with van der Waals surface area (Å²) < 4.78 is 18.4. The molecule has 1 heterocycles. The van der Waals surface area contributed by atoms with Crippen LogP contribution in [-0.2, 0) is 6.54 Å². The molecule has 4 aromatic rings. The average molecular weight is 559 g/mol. The van der Waals surface area contributed by atoms with Gasteiger partial charge in [0.05, 0.1) is 39.0 Å². The van der Waals surface area contributed by atoms with E-state index in [9.17, 15) is 9.90 Å². The van der Waals surface area contributed by atoms with Crippen molar-refractivity contribution in [2.45, 2.75) is 6.54 Å². The molecule has 0 aliphatic carbocycles. The lowest BCUT2D eigenvalue weighted by Crippen LogP contribution is -2.00. The molecule has 0 bridgehead atoms. The minimum atomic E-state index is -0.641. The molecule has 1 amide bonds. The van der Waals surface area contributed by atoms with Crippen molar-refractivity contribution < 1.29 is 24.1 Å². The Morgan fingerprint density at radius 2 is 1.66 bits per heavy atom. The van der Waals surface area contributed by atoms with Crippen LogP contribution in [0.15, 0.2) is 69.3 Å². The number of fused-ring (bicyclic) bond motifs is 1. The molecule has 0 aliphatic rings. The van der Waals surface area contributed by atoms with Gasteiger partial charge in [-0.3, -0.25) is 4.79 Å². The number of rotatable bonds is 7. The Balaban J connectivity index is 1.74. The topological polar surface area (TPSA) is 94.6 Å². The third-order valence-corrected chi connectivity index (χ3v) is 6.12. The molecular formula is C25H21BrClN3O5. The Bertz CT molecular complexity index is 1410. The molecule has 0 unspecified atom stereocenters. The standard InChI is InChI=1S/C25H21BrClN3O5/c1-33-20-10-15(11-21(34-2)23(20)35-3)24(31)29-28-22-18-12-16(26)6-9-19(18)30(25(22)32)13-14-4-7-17(27)8-5-14/h4-12,32H,13H2,1-3H3. The second-order valence-electron chi connectivity index (χ2n) is 7.47. The smallest absolute Gasteiger partial charge is 0.295 e. The van der Waals surface area contributed by atoms with E-state index in [0.717, 1.165) is 15.6 Å². The van der Waals surface area contributed by atoms with Crippen LogP contribution in [0.1, 0.15) is 15.9 Å². The molecule has 0 spiro atoms. The third kappa shape index (κ3) is 4.96.